The quantitative estimate of drug-likeness (QED) is 0.841. The Morgan fingerprint density at radius 2 is 2.12 bits per heavy atom. The van der Waals surface area contributed by atoms with Crippen molar-refractivity contribution in [2.24, 2.45) is 5.92 Å². The first-order valence-electron chi connectivity index (χ1n) is 5.95. The second-order valence-electron chi connectivity index (χ2n) is 4.66. The van der Waals surface area contributed by atoms with Gasteiger partial charge in [-0.05, 0) is 54.2 Å². The molecule has 0 aliphatic carbocycles. The lowest BCUT2D eigenvalue weighted by Gasteiger charge is -2.31. The third kappa shape index (κ3) is 2.86. The number of aromatic nitrogens is 1. The number of nitrogens with zero attached hydrogens (tertiary/aromatic N) is 2. The summed E-state index contributed by atoms with van der Waals surface area (Å²) < 4.78 is 1.04. The van der Waals surface area contributed by atoms with E-state index >= 15 is 0 Å². The fourth-order valence-electron chi connectivity index (χ4n) is 2.21. The highest BCUT2D eigenvalue weighted by Gasteiger charge is 2.23. The molecule has 0 N–H and O–H groups in total. The summed E-state index contributed by atoms with van der Waals surface area (Å²) in [6.07, 6.45) is 3.75. The Morgan fingerprint density at radius 3 is 2.65 bits per heavy atom. The molecule has 0 atom stereocenters. The van der Waals surface area contributed by atoms with Crippen molar-refractivity contribution in [2.45, 2.75) is 26.7 Å². The van der Waals surface area contributed by atoms with E-state index in [1.807, 2.05) is 6.20 Å². The fraction of sp³-hybridized carbons (Fsp3) is 0.538. The van der Waals surface area contributed by atoms with Gasteiger partial charge in [-0.1, -0.05) is 0 Å². The number of hydrogen-bond donors (Lipinski definition) is 0. The Morgan fingerprint density at radius 1 is 1.47 bits per heavy atom. The Balaban J connectivity index is 2.05. The molecule has 92 valence electrons. The maximum Gasteiger partial charge on any atom is 0.133 e. The van der Waals surface area contributed by atoms with E-state index in [4.69, 9.17) is 0 Å². The highest BCUT2D eigenvalue weighted by Crippen LogP contribution is 2.25. The molecule has 0 unspecified atom stereocenters. The zero-order valence-corrected chi connectivity index (χ0v) is 11.8. The highest BCUT2D eigenvalue weighted by molar-refractivity contribution is 9.10. The van der Waals surface area contributed by atoms with E-state index in [-0.39, 0.29) is 5.92 Å². The van der Waals surface area contributed by atoms with Crippen LogP contribution in [0.25, 0.3) is 0 Å². The van der Waals surface area contributed by atoms with Crippen molar-refractivity contribution in [3.05, 3.63) is 22.3 Å². The number of piperidine rings is 1. The molecular weight excluding hydrogens is 280 g/mol. The Hall–Kier alpha value is -0.900. The van der Waals surface area contributed by atoms with Gasteiger partial charge in [0.2, 0.25) is 0 Å². The van der Waals surface area contributed by atoms with E-state index in [2.05, 4.69) is 38.8 Å². The smallest absolute Gasteiger partial charge is 0.133 e. The largest absolute Gasteiger partial charge is 0.357 e. The molecule has 2 heterocycles. The second kappa shape index (κ2) is 5.17. The van der Waals surface area contributed by atoms with Crippen LogP contribution in [-0.2, 0) is 4.79 Å². The van der Waals surface area contributed by atoms with Crippen LogP contribution in [0.1, 0.15) is 25.3 Å². The molecule has 17 heavy (non-hydrogen) atoms. The Labute approximate surface area is 110 Å². The second-order valence-corrected chi connectivity index (χ2v) is 5.52. The first-order chi connectivity index (χ1) is 8.08. The Kier molecular flexibility index (Phi) is 3.82. The molecule has 1 fully saturated rings. The van der Waals surface area contributed by atoms with Gasteiger partial charge >= 0.3 is 0 Å². The van der Waals surface area contributed by atoms with Gasteiger partial charge in [-0.15, -0.1) is 0 Å². The first kappa shape index (κ1) is 12.6. The van der Waals surface area contributed by atoms with Crippen LogP contribution in [-0.4, -0.2) is 23.9 Å². The van der Waals surface area contributed by atoms with Gasteiger partial charge in [0.1, 0.15) is 11.6 Å². The average Bonchev–Trinajstić information content (AvgIpc) is 2.33. The molecule has 1 aromatic heterocycles. The number of anilines is 1. The molecule has 0 bridgehead atoms. The van der Waals surface area contributed by atoms with Gasteiger partial charge in [-0.2, -0.15) is 0 Å². The standard InChI is InChI=1S/C13H17BrN2O/c1-9-7-13(15-8-12(9)14)16-5-3-11(4-6-16)10(2)17/h7-8,11H,3-6H2,1-2H3. The molecule has 1 aliphatic rings. The topological polar surface area (TPSA) is 33.2 Å². The number of carbonyl (C=O) groups excluding carboxylic acids is 1. The van der Waals surface area contributed by atoms with Crippen LogP contribution in [0.2, 0.25) is 0 Å². The molecule has 0 spiro atoms. The van der Waals surface area contributed by atoms with Gasteiger partial charge < -0.3 is 4.90 Å². The van der Waals surface area contributed by atoms with E-state index in [0.717, 1.165) is 36.2 Å². The number of carbonyl (C=O) groups is 1. The number of halogens is 1. The lowest BCUT2D eigenvalue weighted by molar-refractivity contribution is -0.121. The summed E-state index contributed by atoms with van der Waals surface area (Å²) in [6, 6.07) is 2.10. The SMILES string of the molecule is CC(=O)C1CCN(c2cc(C)c(Br)cn2)CC1. The van der Waals surface area contributed by atoms with Crippen LogP contribution >= 0.6 is 15.9 Å². The molecule has 1 aromatic rings. The molecule has 0 aromatic carbocycles. The van der Waals surface area contributed by atoms with Crippen molar-refractivity contribution in [3.63, 3.8) is 0 Å². The predicted molar refractivity (Wildman–Crippen MR) is 72.3 cm³/mol. The van der Waals surface area contributed by atoms with Crippen LogP contribution in [0.3, 0.4) is 0 Å². The molecule has 0 radical (unpaired) electrons. The minimum atomic E-state index is 0.253. The van der Waals surface area contributed by atoms with Crippen molar-refractivity contribution >= 4 is 27.5 Å². The molecule has 0 saturated carbocycles. The number of hydrogen-bond acceptors (Lipinski definition) is 3. The molecule has 0 amide bonds. The van der Waals surface area contributed by atoms with Gasteiger partial charge in [0.25, 0.3) is 0 Å². The third-order valence-electron chi connectivity index (χ3n) is 3.43. The van der Waals surface area contributed by atoms with Gasteiger partial charge in [0.15, 0.2) is 0 Å². The lowest BCUT2D eigenvalue weighted by Crippen LogP contribution is -2.36. The number of aryl methyl sites for hydroxylation is 1. The van der Waals surface area contributed by atoms with E-state index < -0.39 is 0 Å². The maximum absolute atomic E-state index is 11.3. The van der Waals surface area contributed by atoms with E-state index in [0.29, 0.717) is 5.78 Å². The molecule has 2 rings (SSSR count). The third-order valence-corrected chi connectivity index (χ3v) is 4.26. The summed E-state index contributed by atoms with van der Waals surface area (Å²) in [7, 11) is 0. The molecule has 1 saturated heterocycles. The molecule has 4 heteroatoms. The van der Waals surface area contributed by atoms with Crippen LogP contribution < -0.4 is 4.90 Å². The van der Waals surface area contributed by atoms with Crippen LogP contribution in [0.15, 0.2) is 16.7 Å². The summed E-state index contributed by atoms with van der Waals surface area (Å²) >= 11 is 3.46. The van der Waals surface area contributed by atoms with Gasteiger partial charge in [-0.3, -0.25) is 4.79 Å². The van der Waals surface area contributed by atoms with Gasteiger partial charge in [-0.25, -0.2) is 4.98 Å². The predicted octanol–water partition coefficient (Wildman–Crippen LogP) is 2.96. The number of Topliss-reactive ketones (excluding diaryl/α,β-unsaturated/α-hetero) is 1. The van der Waals surface area contributed by atoms with E-state index in [9.17, 15) is 4.79 Å². The highest BCUT2D eigenvalue weighted by atomic mass is 79.9. The lowest BCUT2D eigenvalue weighted by atomic mass is 9.93. The van der Waals surface area contributed by atoms with Crippen molar-refractivity contribution in [1.82, 2.24) is 4.98 Å². The number of pyridine rings is 1. The minimum absolute atomic E-state index is 0.253. The summed E-state index contributed by atoms with van der Waals surface area (Å²) in [5.74, 6) is 1.60. The summed E-state index contributed by atoms with van der Waals surface area (Å²) in [5.41, 5.74) is 1.20. The Bertz CT molecular complexity index is 425. The van der Waals surface area contributed by atoms with E-state index in [1.165, 1.54) is 5.56 Å². The van der Waals surface area contributed by atoms with Gasteiger partial charge in [0, 0.05) is 29.7 Å². The minimum Gasteiger partial charge on any atom is -0.357 e. The van der Waals surface area contributed by atoms with Gasteiger partial charge in [0.05, 0.1) is 0 Å². The normalized spacial score (nSPS) is 17.2. The van der Waals surface area contributed by atoms with Crippen LogP contribution in [0, 0.1) is 12.8 Å². The van der Waals surface area contributed by atoms with Crippen molar-refractivity contribution < 1.29 is 4.79 Å². The maximum atomic E-state index is 11.3. The fourth-order valence-corrected chi connectivity index (χ4v) is 2.43. The number of ketones is 1. The van der Waals surface area contributed by atoms with Crippen LogP contribution in [0.4, 0.5) is 5.82 Å². The summed E-state index contributed by atoms with van der Waals surface area (Å²) in [6.45, 7) is 5.62. The zero-order chi connectivity index (χ0) is 12.4. The summed E-state index contributed by atoms with van der Waals surface area (Å²) in [4.78, 5) is 18.0. The monoisotopic (exact) mass is 296 g/mol. The van der Waals surface area contributed by atoms with Crippen molar-refractivity contribution in [1.29, 1.82) is 0 Å². The summed E-state index contributed by atoms with van der Waals surface area (Å²) in [5, 5.41) is 0. The number of rotatable bonds is 2. The first-order valence-corrected chi connectivity index (χ1v) is 6.75. The van der Waals surface area contributed by atoms with Crippen molar-refractivity contribution in [2.75, 3.05) is 18.0 Å². The zero-order valence-electron chi connectivity index (χ0n) is 10.2. The molecule has 3 nitrogen and oxygen atoms in total. The average molecular weight is 297 g/mol. The van der Waals surface area contributed by atoms with E-state index in [1.54, 1.807) is 6.92 Å². The van der Waals surface area contributed by atoms with Crippen molar-refractivity contribution in [3.8, 4) is 0 Å². The molecular formula is C13H17BrN2O. The molecule has 1 aliphatic heterocycles. The van der Waals surface area contributed by atoms with Crippen LogP contribution in [0.5, 0.6) is 0 Å².